The normalized spacial score (nSPS) is 21.4. The lowest BCUT2D eigenvalue weighted by Crippen LogP contribution is -2.32. The van der Waals surface area contributed by atoms with Gasteiger partial charge in [-0.2, -0.15) is 0 Å². The number of benzene rings is 1. The van der Waals surface area contributed by atoms with E-state index >= 15 is 0 Å². The Bertz CT molecular complexity index is 537. The molecule has 0 spiro atoms. The highest BCUT2D eigenvalue weighted by Crippen LogP contribution is 2.32. The Morgan fingerprint density at radius 2 is 2.25 bits per heavy atom. The smallest absolute Gasteiger partial charge is 0.404 e. The van der Waals surface area contributed by atoms with Crippen molar-refractivity contribution in [2.24, 2.45) is 0 Å². The second-order valence-corrected chi connectivity index (χ2v) is 4.57. The number of carboxylic acid groups (broad SMARTS) is 1. The van der Waals surface area contributed by atoms with Crippen LogP contribution in [-0.4, -0.2) is 28.3 Å². The number of hydrogen-bond acceptors (Lipinski definition) is 4. The van der Waals surface area contributed by atoms with Crippen LogP contribution < -0.4 is 10.1 Å². The van der Waals surface area contributed by atoms with Crippen molar-refractivity contribution in [3.8, 4) is 5.75 Å². The summed E-state index contributed by atoms with van der Waals surface area (Å²) >= 11 is 0. The van der Waals surface area contributed by atoms with Crippen LogP contribution in [0.2, 0.25) is 0 Å². The zero-order chi connectivity index (χ0) is 14.7. The second-order valence-electron chi connectivity index (χ2n) is 4.57. The Morgan fingerprint density at radius 1 is 1.50 bits per heavy atom. The van der Waals surface area contributed by atoms with Crippen molar-refractivity contribution in [3.05, 3.63) is 34.1 Å². The van der Waals surface area contributed by atoms with Gasteiger partial charge in [-0.3, -0.25) is 10.1 Å². The number of nitrogens with zero attached hydrogens (tertiary/aromatic N) is 1. The van der Waals surface area contributed by atoms with Crippen LogP contribution >= 0.6 is 0 Å². The summed E-state index contributed by atoms with van der Waals surface area (Å²) in [7, 11) is 0. The summed E-state index contributed by atoms with van der Waals surface area (Å²) in [6.07, 6.45) is 0.0540. The number of hydrogen-bond donors (Lipinski definition) is 2. The van der Waals surface area contributed by atoms with E-state index in [0.717, 1.165) is 18.2 Å². The topological polar surface area (TPSA) is 102 Å². The lowest BCUT2D eigenvalue weighted by Gasteiger charge is -2.14. The summed E-state index contributed by atoms with van der Waals surface area (Å²) in [4.78, 5) is 20.7. The first-order valence-electron chi connectivity index (χ1n) is 6.05. The number of rotatable bonds is 4. The summed E-state index contributed by atoms with van der Waals surface area (Å²) in [5.41, 5.74) is -0.305. The van der Waals surface area contributed by atoms with Crippen molar-refractivity contribution in [2.75, 3.05) is 0 Å². The van der Waals surface area contributed by atoms with E-state index < -0.39 is 16.8 Å². The SMILES string of the molecule is O=C(O)N[C@H]1CC[C@H](Oc2cc(F)ccc2[N+](=O)[O-])C1. The minimum atomic E-state index is -1.12. The molecule has 20 heavy (non-hydrogen) atoms. The fraction of sp³-hybridized carbons (Fsp3) is 0.417. The number of nitro groups is 1. The van der Waals surface area contributed by atoms with Crippen molar-refractivity contribution in [2.45, 2.75) is 31.4 Å². The molecule has 2 atom stereocenters. The summed E-state index contributed by atoms with van der Waals surface area (Å²) in [5.74, 6) is -0.750. The minimum absolute atomic E-state index is 0.129. The fourth-order valence-corrected chi connectivity index (χ4v) is 2.27. The number of amides is 1. The van der Waals surface area contributed by atoms with Crippen molar-refractivity contribution >= 4 is 11.8 Å². The highest BCUT2D eigenvalue weighted by atomic mass is 19.1. The van der Waals surface area contributed by atoms with Gasteiger partial charge < -0.3 is 15.2 Å². The van der Waals surface area contributed by atoms with Crippen LogP contribution in [-0.2, 0) is 0 Å². The van der Waals surface area contributed by atoms with Crippen molar-refractivity contribution in [1.82, 2.24) is 5.32 Å². The average Bonchev–Trinajstić information content (AvgIpc) is 2.75. The molecule has 2 N–H and O–H groups in total. The van der Waals surface area contributed by atoms with Gasteiger partial charge in [0.15, 0.2) is 5.75 Å². The lowest BCUT2D eigenvalue weighted by molar-refractivity contribution is -0.386. The first kappa shape index (κ1) is 14.0. The maximum Gasteiger partial charge on any atom is 0.404 e. The minimum Gasteiger partial charge on any atom is -0.483 e. The Kier molecular flexibility index (Phi) is 4.02. The van der Waals surface area contributed by atoms with Gasteiger partial charge in [0.1, 0.15) is 11.9 Å². The average molecular weight is 284 g/mol. The molecule has 1 aromatic rings. The zero-order valence-corrected chi connectivity index (χ0v) is 10.4. The fourth-order valence-electron chi connectivity index (χ4n) is 2.27. The monoisotopic (exact) mass is 284 g/mol. The van der Waals surface area contributed by atoms with Gasteiger partial charge in [0, 0.05) is 24.6 Å². The Balaban J connectivity index is 2.05. The van der Waals surface area contributed by atoms with E-state index in [2.05, 4.69) is 5.32 Å². The van der Waals surface area contributed by atoms with E-state index in [1.807, 2.05) is 0 Å². The molecule has 1 amide bonds. The number of nitro benzene ring substituents is 1. The number of carbonyl (C=O) groups is 1. The van der Waals surface area contributed by atoms with Crippen LogP contribution in [0.25, 0.3) is 0 Å². The van der Waals surface area contributed by atoms with E-state index in [4.69, 9.17) is 9.84 Å². The molecule has 108 valence electrons. The molecule has 1 fully saturated rings. The highest BCUT2D eigenvalue weighted by molar-refractivity contribution is 5.64. The first-order valence-corrected chi connectivity index (χ1v) is 6.05. The highest BCUT2D eigenvalue weighted by Gasteiger charge is 2.29. The van der Waals surface area contributed by atoms with Gasteiger partial charge in [-0.1, -0.05) is 0 Å². The third-order valence-corrected chi connectivity index (χ3v) is 3.12. The molecule has 1 aliphatic rings. The Hall–Kier alpha value is -2.38. The van der Waals surface area contributed by atoms with Crippen molar-refractivity contribution in [3.63, 3.8) is 0 Å². The van der Waals surface area contributed by atoms with Gasteiger partial charge in [-0.25, -0.2) is 9.18 Å². The molecule has 1 aromatic carbocycles. The molecule has 8 heteroatoms. The van der Waals surface area contributed by atoms with Gasteiger partial charge in [0.05, 0.1) is 4.92 Å². The van der Waals surface area contributed by atoms with Crippen LogP contribution in [0.3, 0.4) is 0 Å². The molecular weight excluding hydrogens is 271 g/mol. The molecule has 0 aromatic heterocycles. The van der Waals surface area contributed by atoms with Gasteiger partial charge in [0.2, 0.25) is 0 Å². The van der Waals surface area contributed by atoms with Gasteiger partial charge >= 0.3 is 11.8 Å². The second kappa shape index (κ2) is 5.72. The Morgan fingerprint density at radius 3 is 2.90 bits per heavy atom. The van der Waals surface area contributed by atoms with Crippen molar-refractivity contribution < 1.29 is 24.0 Å². The maximum atomic E-state index is 13.1. The van der Waals surface area contributed by atoms with E-state index in [1.165, 1.54) is 0 Å². The summed E-state index contributed by atoms with van der Waals surface area (Å²) in [6.45, 7) is 0. The molecule has 7 nitrogen and oxygen atoms in total. The van der Waals surface area contributed by atoms with Gasteiger partial charge in [-0.05, 0) is 18.9 Å². The summed E-state index contributed by atoms with van der Waals surface area (Å²) in [5, 5.41) is 21.8. The molecule has 0 bridgehead atoms. The van der Waals surface area contributed by atoms with Crippen LogP contribution in [0.4, 0.5) is 14.9 Å². The van der Waals surface area contributed by atoms with Crippen LogP contribution in [0, 0.1) is 15.9 Å². The maximum absolute atomic E-state index is 13.1. The summed E-state index contributed by atoms with van der Waals surface area (Å²) in [6, 6.07) is 2.77. The van der Waals surface area contributed by atoms with E-state index in [-0.39, 0.29) is 23.6 Å². The molecule has 0 radical (unpaired) electrons. The standard InChI is InChI=1S/C12H13FN2O5/c13-7-1-4-10(15(18)19)11(5-7)20-9-3-2-8(6-9)14-12(16)17/h1,4-5,8-9,14H,2-3,6H2,(H,16,17)/t8-,9-/m0/s1. The van der Waals surface area contributed by atoms with Crippen LogP contribution in [0.15, 0.2) is 18.2 Å². The van der Waals surface area contributed by atoms with Gasteiger partial charge in [-0.15, -0.1) is 0 Å². The third-order valence-electron chi connectivity index (χ3n) is 3.12. The molecule has 2 rings (SSSR count). The van der Waals surface area contributed by atoms with E-state index in [0.29, 0.717) is 19.3 Å². The number of ether oxygens (including phenoxy) is 1. The largest absolute Gasteiger partial charge is 0.483 e. The third kappa shape index (κ3) is 3.34. The predicted octanol–water partition coefficient (Wildman–Crippen LogP) is 2.30. The number of nitrogens with one attached hydrogen (secondary N) is 1. The molecule has 0 saturated heterocycles. The zero-order valence-electron chi connectivity index (χ0n) is 10.4. The first-order chi connectivity index (χ1) is 9.45. The van der Waals surface area contributed by atoms with Crippen LogP contribution in [0.1, 0.15) is 19.3 Å². The molecule has 0 unspecified atom stereocenters. The lowest BCUT2D eigenvalue weighted by atomic mass is 10.2. The number of halogens is 1. The van der Waals surface area contributed by atoms with Crippen molar-refractivity contribution in [1.29, 1.82) is 0 Å². The summed E-state index contributed by atoms with van der Waals surface area (Å²) < 4.78 is 18.6. The molecular formula is C12H13FN2O5. The van der Waals surface area contributed by atoms with Crippen LogP contribution in [0.5, 0.6) is 5.75 Å². The quantitative estimate of drug-likeness (QED) is 0.652. The van der Waals surface area contributed by atoms with Gasteiger partial charge in [0.25, 0.3) is 0 Å². The molecule has 0 aliphatic heterocycles. The molecule has 1 saturated carbocycles. The van der Waals surface area contributed by atoms with E-state index in [9.17, 15) is 19.3 Å². The molecule has 1 aliphatic carbocycles. The Labute approximate surface area is 113 Å². The molecule has 0 heterocycles. The predicted molar refractivity (Wildman–Crippen MR) is 66.3 cm³/mol. The van der Waals surface area contributed by atoms with E-state index in [1.54, 1.807) is 0 Å².